The largest absolute Gasteiger partial charge is 0.480 e. The highest BCUT2D eigenvalue weighted by atomic mass is 19.4. The van der Waals surface area contributed by atoms with E-state index in [0.717, 1.165) is 0 Å². The molecule has 2 N–H and O–H groups in total. The molecule has 1 atom stereocenters. The summed E-state index contributed by atoms with van der Waals surface area (Å²) in [7, 11) is 0. The van der Waals surface area contributed by atoms with E-state index in [4.69, 9.17) is 0 Å². The smallest absolute Gasteiger partial charge is 0.391 e. The van der Waals surface area contributed by atoms with Gasteiger partial charge in [-0.05, 0) is 30.5 Å². The van der Waals surface area contributed by atoms with Crippen LogP contribution in [0, 0.1) is 5.92 Å². The topological polar surface area (TPSA) is 82.5 Å². The van der Waals surface area contributed by atoms with E-state index in [1.54, 1.807) is 12.1 Å². The first-order chi connectivity index (χ1) is 11.3. The molecule has 1 unspecified atom stereocenters. The summed E-state index contributed by atoms with van der Waals surface area (Å²) in [5.74, 6) is -2.61. The van der Waals surface area contributed by atoms with E-state index in [2.05, 4.69) is 10.3 Å². The van der Waals surface area contributed by atoms with Gasteiger partial charge in [0.25, 0.3) is 0 Å². The molecule has 0 aliphatic carbocycles. The number of urea groups is 1. The fraction of sp³-hybridized carbons (Fsp3) is 0.533. The number of carbonyl (C=O) groups is 2. The van der Waals surface area contributed by atoms with Crippen LogP contribution in [0.25, 0.3) is 0 Å². The quantitative estimate of drug-likeness (QED) is 0.875. The minimum atomic E-state index is -4.26. The van der Waals surface area contributed by atoms with Crippen LogP contribution < -0.4 is 5.32 Å². The number of piperidine rings is 1. The average Bonchev–Trinajstić information content (AvgIpc) is 2.54. The van der Waals surface area contributed by atoms with Crippen LogP contribution >= 0.6 is 0 Å². The first kappa shape index (κ1) is 18.0. The predicted octanol–water partition coefficient (Wildman–Crippen LogP) is 2.06. The number of carbonyl (C=O) groups excluding carboxylic acids is 1. The van der Waals surface area contributed by atoms with Crippen LogP contribution in [-0.4, -0.2) is 52.3 Å². The predicted molar refractivity (Wildman–Crippen MR) is 78.2 cm³/mol. The van der Waals surface area contributed by atoms with E-state index < -0.39 is 30.1 Å². The molecule has 1 saturated heterocycles. The highest BCUT2D eigenvalue weighted by Crippen LogP contribution is 2.34. The number of nitrogens with one attached hydrogen (secondary N) is 1. The summed E-state index contributed by atoms with van der Waals surface area (Å²) < 4.78 is 37.9. The fourth-order valence-electron chi connectivity index (χ4n) is 2.60. The molecule has 2 heterocycles. The third-order valence-corrected chi connectivity index (χ3v) is 4.03. The molecule has 132 valence electrons. The van der Waals surface area contributed by atoms with Crippen LogP contribution in [0.15, 0.2) is 24.5 Å². The van der Waals surface area contributed by atoms with Gasteiger partial charge in [-0.1, -0.05) is 0 Å². The Balaban J connectivity index is 1.91. The summed E-state index contributed by atoms with van der Waals surface area (Å²) in [5, 5.41) is 11.6. The van der Waals surface area contributed by atoms with Gasteiger partial charge in [0.2, 0.25) is 0 Å². The lowest BCUT2D eigenvalue weighted by molar-refractivity contribution is -0.183. The Morgan fingerprint density at radius 2 is 1.88 bits per heavy atom. The summed E-state index contributed by atoms with van der Waals surface area (Å²) in [4.78, 5) is 28.5. The van der Waals surface area contributed by atoms with Crippen molar-refractivity contribution in [2.24, 2.45) is 5.92 Å². The molecule has 1 fully saturated rings. The number of likely N-dealkylation sites (tertiary alicyclic amines) is 1. The molecule has 9 heteroatoms. The maximum atomic E-state index is 12.6. The van der Waals surface area contributed by atoms with Crippen LogP contribution in [0.3, 0.4) is 0 Å². The molecule has 0 saturated carbocycles. The van der Waals surface area contributed by atoms with Crippen molar-refractivity contribution in [1.29, 1.82) is 0 Å². The maximum absolute atomic E-state index is 12.6. The molecule has 2 amide bonds. The van der Waals surface area contributed by atoms with Gasteiger partial charge < -0.3 is 15.3 Å². The summed E-state index contributed by atoms with van der Waals surface area (Å²) in [6.07, 6.45) is -1.50. The molecule has 0 spiro atoms. The fourth-order valence-corrected chi connectivity index (χ4v) is 2.60. The number of alkyl halides is 3. The Kier molecular flexibility index (Phi) is 5.63. The SMILES string of the molecule is O=C(O)C(Cc1ccncc1)NC(=O)N1CCC(C(F)(F)F)CC1. The third-order valence-electron chi connectivity index (χ3n) is 4.03. The van der Waals surface area contributed by atoms with Crippen molar-refractivity contribution >= 4 is 12.0 Å². The molecule has 0 aromatic carbocycles. The second-order valence-electron chi connectivity index (χ2n) is 5.70. The lowest BCUT2D eigenvalue weighted by atomic mass is 9.96. The van der Waals surface area contributed by atoms with Gasteiger partial charge in [-0.25, -0.2) is 9.59 Å². The Morgan fingerprint density at radius 1 is 1.29 bits per heavy atom. The van der Waals surface area contributed by atoms with Gasteiger partial charge in [-0.15, -0.1) is 0 Å². The van der Waals surface area contributed by atoms with Gasteiger partial charge >= 0.3 is 18.2 Å². The number of aliphatic carboxylic acids is 1. The molecule has 2 rings (SSSR count). The number of hydrogen-bond acceptors (Lipinski definition) is 3. The Labute approximate surface area is 136 Å². The summed E-state index contributed by atoms with van der Waals surface area (Å²) in [6.45, 7) is -0.0881. The van der Waals surface area contributed by atoms with E-state index in [9.17, 15) is 27.9 Å². The highest BCUT2D eigenvalue weighted by Gasteiger charge is 2.41. The standard InChI is InChI=1S/C15H18F3N3O3/c16-15(17,18)11-3-7-21(8-4-11)14(24)20-12(13(22)23)9-10-1-5-19-6-2-10/h1-2,5-6,11-12H,3-4,7-9H2,(H,20,24)(H,22,23). The van der Waals surface area contributed by atoms with Crippen molar-refractivity contribution in [1.82, 2.24) is 15.2 Å². The molecular formula is C15H18F3N3O3. The summed E-state index contributed by atoms with van der Waals surface area (Å²) in [5.41, 5.74) is 0.688. The zero-order valence-corrected chi connectivity index (χ0v) is 12.8. The maximum Gasteiger partial charge on any atom is 0.391 e. The summed E-state index contributed by atoms with van der Waals surface area (Å²) >= 11 is 0. The molecule has 0 bridgehead atoms. The van der Waals surface area contributed by atoms with Crippen LogP contribution in [0.1, 0.15) is 18.4 Å². The zero-order chi connectivity index (χ0) is 17.7. The van der Waals surface area contributed by atoms with Gasteiger partial charge in [0.15, 0.2) is 0 Å². The zero-order valence-electron chi connectivity index (χ0n) is 12.8. The van der Waals surface area contributed by atoms with Crippen LogP contribution in [0.4, 0.5) is 18.0 Å². The normalized spacial score (nSPS) is 17.4. The number of hydrogen-bond donors (Lipinski definition) is 2. The van der Waals surface area contributed by atoms with Crippen molar-refractivity contribution in [2.45, 2.75) is 31.5 Å². The molecule has 1 aliphatic heterocycles. The first-order valence-corrected chi connectivity index (χ1v) is 7.51. The number of rotatable bonds is 4. The van der Waals surface area contributed by atoms with E-state index in [-0.39, 0.29) is 32.4 Å². The summed E-state index contributed by atoms with van der Waals surface area (Å²) in [6, 6.07) is 1.46. The second-order valence-corrected chi connectivity index (χ2v) is 5.70. The second kappa shape index (κ2) is 7.50. The van der Waals surface area contributed by atoms with E-state index in [0.29, 0.717) is 5.56 Å². The Morgan fingerprint density at radius 3 is 2.38 bits per heavy atom. The molecular weight excluding hydrogens is 327 g/mol. The molecule has 24 heavy (non-hydrogen) atoms. The van der Waals surface area contributed by atoms with Gasteiger partial charge in [-0.3, -0.25) is 4.98 Å². The Bertz CT molecular complexity index is 572. The van der Waals surface area contributed by atoms with E-state index in [1.165, 1.54) is 17.3 Å². The molecule has 1 aliphatic rings. The minimum Gasteiger partial charge on any atom is -0.480 e. The third kappa shape index (κ3) is 4.84. The lowest BCUT2D eigenvalue weighted by Crippen LogP contribution is -2.51. The van der Waals surface area contributed by atoms with Crippen LogP contribution in [0.2, 0.25) is 0 Å². The first-order valence-electron chi connectivity index (χ1n) is 7.51. The van der Waals surface area contributed by atoms with Crippen molar-refractivity contribution in [3.63, 3.8) is 0 Å². The van der Waals surface area contributed by atoms with E-state index in [1.807, 2.05) is 0 Å². The lowest BCUT2D eigenvalue weighted by Gasteiger charge is -2.33. The number of pyridine rings is 1. The number of amides is 2. The van der Waals surface area contributed by atoms with Crippen LogP contribution in [-0.2, 0) is 11.2 Å². The van der Waals surface area contributed by atoms with Crippen LogP contribution in [0.5, 0.6) is 0 Å². The van der Waals surface area contributed by atoms with Gasteiger partial charge in [0, 0.05) is 31.9 Å². The molecule has 1 aromatic rings. The number of halogens is 3. The van der Waals surface area contributed by atoms with Crippen molar-refractivity contribution in [2.75, 3.05) is 13.1 Å². The van der Waals surface area contributed by atoms with Gasteiger partial charge in [-0.2, -0.15) is 13.2 Å². The van der Waals surface area contributed by atoms with Crippen molar-refractivity contribution in [3.8, 4) is 0 Å². The molecule has 1 aromatic heterocycles. The van der Waals surface area contributed by atoms with Gasteiger partial charge in [0.1, 0.15) is 6.04 Å². The number of aromatic nitrogens is 1. The Hall–Kier alpha value is -2.32. The average molecular weight is 345 g/mol. The van der Waals surface area contributed by atoms with E-state index >= 15 is 0 Å². The van der Waals surface area contributed by atoms with Gasteiger partial charge in [0.05, 0.1) is 5.92 Å². The molecule has 0 radical (unpaired) electrons. The number of nitrogens with zero attached hydrogens (tertiary/aromatic N) is 2. The number of carboxylic acid groups (broad SMARTS) is 1. The monoisotopic (exact) mass is 345 g/mol. The van der Waals surface area contributed by atoms with Crippen molar-refractivity contribution in [3.05, 3.63) is 30.1 Å². The highest BCUT2D eigenvalue weighted by molar-refractivity contribution is 5.82. The van der Waals surface area contributed by atoms with Crippen molar-refractivity contribution < 1.29 is 27.9 Å². The minimum absolute atomic E-state index is 0.0440. The molecule has 6 nitrogen and oxygen atoms in total. The number of carboxylic acids is 1.